The van der Waals surface area contributed by atoms with E-state index in [2.05, 4.69) is 42.5 Å². The molecule has 0 aromatic heterocycles. The van der Waals surface area contributed by atoms with E-state index in [9.17, 15) is 14.7 Å². The SMILES string of the molecule is CCOC(=O)C[C@H](/C=C/Cc1ccccc1)c1ccc(O)cc1.CCOC(=O)C[C@H](/C=C/Cc1ccccc1)c1ccc(OC2CCCCO2)cc1. The van der Waals surface area contributed by atoms with Gasteiger partial charge in [-0.25, -0.2) is 0 Å². The number of ether oxygens (including phenoxy) is 4. The fraction of sp³-hybridized carbons (Fsp3) is 0.333. The van der Waals surface area contributed by atoms with Gasteiger partial charge in [0.25, 0.3) is 0 Å². The number of phenolic OH excluding ortho intramolecular Hbond substituents is 1. The van der Waals surface area contributed by atoms with Gasteiger partial charge in [0.2, 0.25) is 0 Å². The number of aromatic hydroxyl groups is 1. The maximum Gasteiger partial charge on any atom is 0.306 e. The predicted molar refractivity (Wildman–Crippen MR) is 205 cm³/mol. The number of carbonyl (C=O) groups excluding carboxylic acids is 2. The van der Waals surface area contributed by atoms with Crippen LogP contribution in [-0.2, 0) is 36.6 Å². The highest BCUT2D eigenvalue weighted by Crippen LogP contribution is 2.27. The maximum atomic E-state index is 12.1. The van der Waals surface area contributed by atoms with E-state index in [1.807, 2.05) is 85.8 Å². The molecule has 4 aromatic rings. The number of phenols is 1. The van der Waals surface area contributed by atoms with E-state index in [-0.39, 0.29) is 35.8 Å². The Morgan fingerprint density at radius 2 is 1.17 bits per heavy atom. The molecule has 5 rings (SSSR count). The lowest BCUT2D eigenvalue weighted by atomic mass is 9.94. The molecular weight excluding hydrogens is 652 g/mol. The third-order valence-corrected chi connectivity index (χ3v) is 8.55. The topological polar surface area (TPSA) is 91.3 Å². The summed E-state index contributed by atoms with van der Waals surface area (Å²) in [5, 5.41) is 9.42. The lowest BCUT2D eigenvalue weighted by Crippen LogP contribution is -2.24. The molecule has 3 atom stereocenters. The molecule has 0 bridgehead atoms. The summed E-state index contributed by atoms with van der Waals surface area (Å²) in [6, 6.07) is 35.4. The summed E-state index contributed by atoms with van der Waals surface area (Å²) in [5.41, 5.74) is 4.53. The Kier molecular flexibility index (Phi) is 17.3. The number of benzene rings is 4. The van der Waals surface area contributed by atoms with E-state index in [4.69, 9.17) is 18.9 Å². The van der Waals surface area contributed by atoms with Gasteiger partial charge in [-0.3, -0.25) is 9.59 Å². The van der Waals surface area contributed by atoms with E-state index in [0.717, 1.165) is 55.6 Å². The Balaban J connectivity index is 0.000000239. The van der Waals surface area contributed by atoms with Gasteiger partial charge in [0, 0.05) is 18.3 Å². The molecule has 0 radical (unpaired) electrons. The Labute approximate surface area is 308 Å². The minimum atomic E-state index is -0.213. The average Bonchev–Trinajstić information content (AvgIpc) is 3.16. The van der Waals surface area contributed by atoms with Crippen LogP contribution in [0.1, 0.15) is 80.0 Å². The highest BCUT2D eigenvalue weighted by molar-refractivity contribution is 5.71. The summed E-state index contributed by atoms with van der Waals surface area (Å²) in [4.78, 5) is 23.9. The molecule has 1 heterocycles. The van der Waals surface area contributed by atoms with Crippen LogP contribution in [0.2, 0.25) is 0 Å². The van der Waals surface area contributed by atoms with Gasteiger partial charge >= 0.3 is 11.9 Å². The number of allylic oxidation sites excluding steroid dienone is 4. The van der Waals surface area contributed by atoms with Crippen molar-refractivity contribution in [1.29, 1.82) is 0 Å². The van der Waals surface area contributed by atoms with Gasteiger partial charge in [0.05, 0.1) is 32.7 Å². The maximum absolute atomic E-state index is 12.1. The van der Waals surface area contributed by atoms with Gasteiger partial charge < -0.3 is 24.1 Å². The van der Waals surface area contributed by atoms with Crippen molar-refractivity contribution in [1.82, 2.24) is 0 Å². The summed E-state index contributed by atoms with van der Waals surface area (Å²) in [6.07, 6.45) is 13.6. The molecule has 1 aliphatic rings. The molecule has 1 fully saturated rings. The Morgan fingerprint density at radius 3 is 1.62 bits per heavy atom. The highest BCUT2D eigenvalue weighted by atomic mass is 16.7. The second-order valence-electron chi connectivity index (χ2n) is 12.5. The summed E-state index contributed by atoms with van der Waals surface area (Å²) >= 11 is 0. The Bertz CT molecular complexity index is 1640. The number of hydrogen-bond donors (Lipinski definition) is 1. The summed E-state index contributed by atoms with van der Waals surface area (Å²) in [6.45, 7) is 5.18. The lowest BCUT2D eigenvalue weighted by molar-refractivity contribution is -0.144. The number of esters is 2. The third kappa shape index (κ3) is 14.6. The summed E-state index contributed by atoms with van der Waals surface area (Å²) in [7, 11) is 0. The minimum Gasteiger partial charge on any atom is -0.508 e. The van der Waals surface area contributed by atoms with Crippen LogP contribution in [0.25, 0.3) is 0 Å². The molecule has 1 aliphatic heterocycles. The van der Waals surface area contributed by atoms with Crippen molar-refractivity contribution in [3.63, 3.8) is 0 Å². The quantitative estimate of drug-likeness (QED) is 0.0918. The van der Waals surface area contributed by atoms with Crippen molar-refractivity contribution >= 4 is 11.9 Å². The molecule has 0 saturated carbocycles. The first-order valence-electron chi connectivity index (χ1n) is 18.3. The average molecular weight is 705 g/mol. The predicted octanol–water partition coefficient (Wildman–Crippen LogP) is 9.66. The molecule has 52 heavy (non-hydrogen) atoms. The molecule has 1 saturated heterocycles. The smallest absolute Gasteiger partial charge is 0.306 e. The monoisotopic (exact) mass is 704 g/mol. The van der Waals surface area contributed by atoms with Crippen LogP contribution >= 0.6 is 0 Å². The molecule has 0 amide bonds. The van der Waals surface area contributed by atoms with Crippen molar-refractivity contribution in [2.75, 3.05) is 19.8 Å². The van der Waals surface area contributed by atoms with Gasteiger partial charge in [0.15, 0.2) is 6.29 Å². The Hall–Kier alpha value is -5.14. The molecule has 1 unspecified atom stereocenters. The second kappa shape index (κ2) is 22.6. The Morgan fingerprint density at radius 1 is 0.692 bits per heavy atom. The van der Waals surface area contributed by atoms with E-state index in [1.54, 1.807) is 19.1 Å². The number of rotatable bonds is 16. The summed E-state index contributed by atoms with van der Waals surface area (Å²) in [5.74, 6) is 0.532. The third-order valence-electron chi connectivity index (χ3n) is 8.55. The van der Waals surface area contributed by atoms with Crippen LogP contribution in [0.5, 0.6) is 11.5 Å². The standard InChI is InChI=1S/C25H30O4.C20H22O3/c1-2-27-24(26)19-22(12-8-11-20-9-4-3-5-10-20)21-14-16-23(17-15-21)29-25-13-6-7-18-28-25;1-2-23-20(22)15-18(17-11-13-19(21)14-12-17)10-6-9-16-7-4-3-5-8-16/h3-5,8-10,12,14-17,22,25H,2,6-7,11,13,18-19H2,1H3;3-8,10-14,18,21H,2,9,15H2,1H3/b12-8+;10-6+/t22-,25?;18-/m00/s1. The van der Waals surface area contributed by atoms with Crippen molar-refractivity contribution < 1.29 is 33.6 Å². The van der Waals surface area contributed by atoms with Gasteiger partial charge in [-0.1, -0.05) is 109 Å². The second-order valence-corrected chi connectivity index (χ2v) is 12.5. The molecule has 274 valence electrons. The largest absolute Gasteiger partial charge is 0.508 e. The van der Waals surface area contributed by atoms with Crippen LogP contribution in [0.15, 0.2) is 133 Å². The highest BCUT2D eigenvalue weighted by Gasteiger charge is 2.18. The fourth-order valence-corrected chi connectivity index (χ4v) is 5.83. The van der Waals surface area contributed by atoms with Crippen molar-refractivity contribution in [3.05, 3.63) is 156 Å². The molecule has 1 N–H and O–H groups in total. The zero-order chi connectivity index (χ0) is 36.8. The lowest BCUT2D eigenvalue weighted by Gasteiger charge is -2.23. The van der Waals surface area contributed by atoms with E-state index >= 15 is 0 Å². The molecule has 4 aromatic carbocycles. The van der Waals surface area contributed by atoms with Crippen LogP contribution in [0, 0.1) is 0 Å². The first kappa shape index (κ1) is 39.6. The van der Waals surface area contributed by atoms with E-state index < -0.39 is 0 Å². The molecular formula is C45H52O7. The molecule has 0 spiro atoms. The number of hydrogen-bond acceptors (Lipinski definition) is 7. The van der Waals surface area contributed by atoms with Crippen molar-refractivity contribution in [3.8, 4) is 11.5 Å². The molecule has 0 aliphatic carbocycles. The van der Waals surface area contributed by atoms with Crippen LogP contribution in [-0.4, -0.2) is 43.2 Å². The zero-order valence-electron chi connectivity index (χ0n) is 30.4. The van der Waals surface area contributed by atoms with Crippen molar-refractivity contribution in [2.24, 2.45) is 0 Å². The van der Waals surface area contributed by atoms with Gasteiger partial charge in [-0.2, -0.15) is 0 Å². The van der Waals surface area contributed by atoms with Gasteiger partial charge in [-0.15, -0.1) is 0 Å². The van der Waals surface area contributed by atoms with Crippen molar-refractivity contribution in [2.45, 2.75) is 76.9 Å². The van der Waals surface area contributed by atoms with Crippen LogP contribution in [0.4, 0.5) is 0 Å². The molecule has 7 heteroatoms. The van der Waals surface area contributed by atoms with E-state index in [1.165, 1.54) is 11.1 Å². The van der Waals surface area contributed by atoms with Crippen LogP contribution < -0.4 is 4.74 Å². The zero-order valence-corrected chi connectivity index (χ0v) is 30.4. The fourth-order valence-electron chi connectivity index (χ4n) is 5.83. The van der Waals surface area contributed by atoms with Gasteiger partial charge in [-0.05, 0) is 86.1 Å². The first-order valence-corrected chi connectivity index (χ1v) is 18.3. The first-order chi connectivity index (χ1) is 25.4. The minimum absolute atomic E-state index is 0.0299. The van der Waals surface area contributed by atoms with Crippen LogP contribution in [0.3, 0.4) is 0 Å². The number of carbonyl (C=O) groups is 2. The van der Waals surface area contributed by atoms with Gasteiger partial charge in [0.1, 0.15) is 11.5 Å². The van der Waals surface area contributed by atoms with E-state index in [0.29, 0.717) is 26.1 Å². The molecule has 7 nitrogen and oxygen atoms in total. The normalized spacial score (nSPS) is 15.3. The summed E-state index contributed by atoms with van der Waals surface area (Å²) < 4.78 is 21.8.